The molecule has 0 aromatic heterocycles. The van der Waals surface area contributed by atoms with E-state index < -0.39 is 27.2 Å². The summed E-state index contributed by atoms with van der Waals surface area (Å²) in [4.78, 5) is 3.72. The van der Waals surface area contributed by atoms with Crippen molar-refractivity contribution in [1.82, 2.24) is 10.6 Å². The molecule has 0 saturated heterocycles. The van der Waals surface area contributed by atoms with Crippen molar-refractivity contribution >= 4 is 15.8 Å². The molecule has 20 heavy (non-hydrogen) atoms. The van der Waals surface area contributed by atoms with E-state index in [0.29, 0.717) is 0 Å². The highest BCUT2D eigenvalue weighted by atomic mass is 32.2. The van der Waals surface area contributed by atoms with Crippen LogP contribution >= 0.6 is 0 Å². The first-order chi connectivity index (χ1) is 8.89. The van der Waals surface area contributed by atoms with E-state index in [-0.39, 0.29) is 24.8 Å². The van der Waals surface area contributed by atoms with E-state index in [1.54, 1.807) is 20.8 Å². The van der Waals surface area contributed by atoms with E-state index in [9.17, 15) is 21.6 Å². The quantitative estimate of drug-likeness (QED) is 0.593. The number of nitrogens with zero attached hydrogens (tertiary/aromatic N) is 1. The lowest BCUT2D eigenvalue weighted by molar-refractivity contribution is -0.132. The average molecular weight is 317 g/mol. The Kier molecular flexibility index (Phi) is 6.79. The number of hydrogen-bond donors (Lipinski definition) is 2. The molecule has 2 N–H and O–H groups in total. The molecular formula is C11H22F3N3O2S. The highest BCUT2D eigenvalue weighted by Gasteiger charge is 2.28. The second kappa shape index (κ2) is 7.14. The molecule has 0 spiro atoms. The Balaban J connectivity index is 4.17. The van der Waals surface area contributed by atoms with Crippen LogP contribution in [0.1, 0.15) is 27.2 Å². The first kappa shape index (κ1) is 19.0. The van der Waals surface area contributed by atoms with Crippen molar-refractivity contribution in [2.45, 2.75) is 38.1 Å². The third-order valence-electron chi connectivity index (χ3n) is 2.52. The van der Waals surface area contributed by atoms with E-state index in [0.717, 1.165) is 0 Å². The molecule has 0 amide bonds. The monoisotopic (exact) mass is 317 g/mol. The van der Waals surface area contributed by atoms with Crippen LogP contribution in [0.4, 0.5) is 13.2 Å². The van der Waals surface area contributed by atoms with Crippen LogP contribution in [-0.4, -0.2) is 51.2 Å². The van der Waals surface area contributed by atoms with Crippen LogP contribution in [0, 0.1) is 0 Å². The summed E-state index contributed by atoms with van der Waals surface area (Å²) in [7, 11) is -1.87. The van der Waals surface area contributed by atoms with E-state index in [4.69, 9.17) is 0 Å². The minimum absolute atomic E-state index is 0.0886. The van der Waals surface area contributed by atoms with Crippen LogP contribution in [-0.2, 0) is 9.84 Å². The molecule has 0 aromatic rings. The Morgan fingerprint density at radius 3 is 2.00 bits per heavy atom. The van der Waals surface area contributed by atoms with Gasteiger partial charge in [-0.05, 0) is 20.8 Å². The maximum absolute atomic E-state index is 12.0. The van der Waals surface area contributed by atoms with Gasteiger partial charge in [-0.15, -0.1) is 0 Å². The molecule has 0 saturated carbocycles. The van der Waals surface area contributed by atoms with Gasteiger partial charge in [0.1, 0.15) is 0 Å². The summed E-state index contributed by atoms with van der Waals surface area (Å²) >= 11 is 0. The fourth-order valence-corrected chi connectivity index (χ4v) is 2.14. The SMILES string of the molecule is CN=C(NCCC(F)(F)F)NCCS(=O)(=O)C(C)(C)C. The zero-order chi connectivity index (χ0) is 16.0. The van der Waals surface area contributed by atoms with Crippen molar-refractivity contribution in [2.75, 3.05) is 25.9 Å². The topological polar surface area (TPSA) is 70.6 Å². The second-order valence-corrected chi connectivity index (χ2v) is 8.08. The smallest absolute Gasteiger partial charge is 0.356 e. The molecule has 0 radical (unpaired) electrons. The van der Waals surface area contributed by atoms with Crippen LogP contribution < -0.4 is 10.6 Å². The second-order valence-electron chi connectivity index (χ2n) is 5.22. The lowest BCUT2D eigenvalue weighted by Gasteiger charge is -2.19. The van der Waals surface area contributed by atoms with Crippen LogP contribution in [0.3, 0.4) is 0 Å². The molecule has 0 aliphatic heterocycles. The maximum atomic E-state index is 12.0. The van der Waals surface area contributed by atoms with Gasteiger partial charge in [0.2, 0.25) is 0 Å². The van der Waals surface area contributed by atoms with Gasteiger partial charge < -0.3 is 10.6 Å². The molecule has 0 rings (SSSR count). The summed E-state index contributed by atoms with van der Waals surface area (Å²) < 4.78 is 58.7. The van der Waals surface area contributed by atoms with Crippen molar-refractivity contribution in [3.05, 3.63) is 0 Å². The van der Waals surface area contributed by atoms with Gasteiger partial charge in [-0.3, -0.25) is 4.99 Å². The van der Waals surface area contributed by atoms with Gasteiger partial charge in [-0.2, -0.15) is 13.2 Å². The molecule has 120 valence electrons. The molecular weight excluding hydrogens is 295 g/mol. The number of alkyl halides is 3. The predicted octanol–water partition coefficient (Wildman–Crippen LogP) is 1.32. The first-order valence-electron chi connectivity index (χ1n) is 6.12. The third kappa shape index (κ3) is 7.56. The van der Waals surface area contributed by atoms with Gasteiger partial charge in [-0.25, -0.2) is 8.42 Å². The van der Waals surface area contributed by atoms with Gasteiger partial charge in [0, 0.05) is 20.1 Å². The molecule has 0 fully saturated rings. The summed E-state index contributed by atoms with van der Waals surface area (Å²) in [5.41, 5.74) is 0. The van der Waals surface area contributed by atoms with Gasteiger partial charge in [0.05, 0.1) is 16.9 Å². The van der Waals surface area contributed by atoms with Gasteiger partial charge in [0.25, 0.3) is 0 Å². The Labute approximate surface area is 118 Å². The fraction of sp³-hybridized carbons (Fsp3) is 0.909. The molecule has 0 aromatic carbocycles. The first-order valence-corrected chi connectivity index (χ1v) is 7.78. The number of halogens is 3. The third-order valence-corrected chi connectivity index (χ3v) is 5.13. The molecule has 0 aliphatic rings. The van der Waals surface area contributed by atoms with Crippen molar-refractivity contribution < 1.29 is 21.6 Å². The molecule has 9 heteroatoms. The molecule has 5 nitrogen and oxygen atoms in total. The number of nitrogens with one attached hydrogen (secondary N) is 2. The van der Waals surface area contributed by atoms with Crippen molar-refractivity contribution in [3.63, 3.8) is 0 Å². The summed E-state index contributed by atoms with van der Waals surface area (Å²) in [5, 5.41) is 5.15. The number of aliphatic imine (C=N–C) groups is 1. The van der Waals surface area contributed by atoms with Crippen LogP contribution in [0.25, 0.3) is 0 Å². The molecule has 0 aliphatic carbocycles. The number of sulfone groups is 1. The highest BCUT2D eigenvalue weighted by Crippen LogP contribution is 2.18. The highest BCUT2D eigenvalue weighted by molar-refractivity contribution is 7.92. The Morgan fingerprint density at radius 1 is 1.10 bits per heavy atom. The van der Waals surface area contributed by atoms with Gasteiger partial charge >= 0.3 is 6.18 Å². The number of rotatable bonds is 5. The average Bonchev–Trinajstić information content (AvgIpc) is 2.23. The fourth-order valence-electron chi connectivity index (χ4n) is 1.15. The van der Waals surface area contributed by atoms with Crippen LogP contribution in [0.5, 0.6) is 0 Å². The van der Waals surface area contributed by atoms with E-state index in [1.807, 2.05) is 0 Å². The summed E-state index contributed by atoms with van der Waals surface area (Å²) in [6.45, 7) is 4.57. The zero-order valence-corrected chi connectivity index (χ0v) is 13.0. The predicted molar refractivity (Wildman–Crippen MR) is 73.6 cm³/mol. The van der Waals surface area contributed by atoms with Gasteiger partial charge in [0.15, 0.2) is 15.8 Å². The Hall–Kier alpha value is -0.990. The molecule has 0 atom stereocenters. The van der Waals surface area contributed by atoms with Crippen molar-refractivity contribution in [2.24, 2.45) is 4.99 Å². The minimum Gasteiger partial charge on any atom is -0.356 e. The normalized spacial score (nSPS) is 14.2. The van der Waals surface area contributed by atoms with E-state index in [1.165, 1.54) is 7.05 Å². The summed E-state index contributed by atoms with van der Waals surface area (Å²) in [6, 6.07) is 0. The van der Waals surface area contributed by atoms with Crippen molar-refractivity contribution in [1.29, 1.82) is 0 Å². The van der Waals surface area contributed by atoms with Crippen LogP contribution in [0.15, 0.2) is 4.99 Å². The molecule has 0 bridgehead atoms. The Morgan fingerprint density at radius 2 is 1.60 bits per heavy atom. The summed E-state index contributed by atoms with van der Waals surface area (Å²) in [5.74, 6) is 0.0366. The maximum Gasteiger partial charge on any atom is 0.390 e. The zero-order valence-electron chi connectivity index (χ0n) is 12.1. The number of hydrogen-bond acceptors (Lipinski definition) is 3. The molecule has 0 heterocycles. The van der Waals surface area contributed by atoms with Gasteiger partial charge in [-0.1, -0.05) is 0 Å². The molecule has 0 unspecified atom stereocenters. The lowest BCUT2D eigenvalue weighted by atomic mass is 10.3. The lowest BCUT2D eigenvalue weighted by Crippen LogP contribution is -2.42. The van der Waals surface area contributed by atoms with E-state index >= 15 is 0 Å². The standard InChI is InChI=1S/C11H22F3N3O2S/c1-10(2,3)20(18,19)8-7-17-9(15-4)16-6-5-11(12,13)14/h5-8H2,1-4H3,(H2,15,16,17). The Bertz CT molecular complexity index is 425. The van der Waals surface area contributed by atoms with Crippen molar-refractivity contribution in [3.8, 4) is 0 Å². The van der Waals surface area contributed by atoms with Crippen LogP contribution in [0.2, 0.25) is 0 Å². The number of guanidine groups is 1. The minimum atomic E-state index is -4.23. The summed E-state index contributed by atoms with van der Waals surface area (Å²) in [6.07, 6.45) is -5.21. The van der Waals surface area contributed by atoms with E-state index in [2.05, 4.69) is 15.6 Å². The largest absolute Gasteiger partial charge is 0.390 e.